The number of fused-ring (bicyclic) bond motifs is 3. The van der Waals surface area contributed by atoms with E-state index in [0.717, 1.165) is 22.3 Å². The van der Waals surface area contributed by atoms with E-state index in [-0.39, 0.29) is 19.4 Å². The highest BCUT2D eigenvalue weighted by Gasteiger charge is 2.54. The summed E-state index contributed by atoms with van der Waals surface area (Å²) >= 11 is 0. The SMILES string of the molecule is COc1cc([C@@H]2c3cc4c(cc3C(OC(=O)c3ccc(C)cc3)C3COC(=O)C32)OCO4)cc(OC)c1OC. The molecular weight excluding hydrogens is 504 g/mol. The Morgan fingerprint density at radius 2 is 1.49 bits per heavy atom. The van der Waals surface area contributed by atoms with Crippen LogP contribution in [-0.4, -0.2) is 46.7 Å². The first kappa shape index (κ1) is 24.9. The first-order chi connectivity index (χ1) is 18.9. The van der Waals surface area contributed by atoms with Gasteiger partial charge in [0, 0.05) is 17.4 Å². The molecule has 2 aliphatic heterocycles. The molecule has 1 fully saturated rings. The van der Waals surface area contributed by atoms with Gasteiger partial charge >= 0.3 is 11.9 Å². The van der Waals surface area contributed by atoms with Crippen molar-refractivity contribution in [3.05, 3.63) is 76.3 Å². The topological polar surface area (TPSA) is 98.8 Å². The molecule has 1 aliphatic carbocycles. The highest BCUT2D eigenvalue weighted by Crippen LogP contribution is 2.56. The Morgan fingerprint density at radius 3 is 2.10 bits per heavy atom. The third kappa shape index (κ3) is 4.09. The minimum absolute atomic E-state index is 0.0792. The van der Waals surface area contributed by atoms with Gasteiger partial charge in [-0.05, 0) is 54.4 Å². The number of esters is 2. The molecule has 0 radical (unpaired) electrons. The molecule has 0 spiro atoms. The lowest BCUT2D eigenvalue weighted by molar-refractivity contribution is -0.141. The van der Waals surface area contributed by atoms with Crippen molar-refractivity contribution in [1.82, 2.24) is 0 Å². The van der Waals surface area contributed by atoms with Crippen molar-refractivity contribution in [2.75, 3.05) is 34.7 Å². The molecular formula is C30H28O9. The van der Waals surface area contributed by atoms with E-state index in [9.17, 15) is 9.59 Å². The molecule has 0 bridgehead atoms. The zero-order chi connectivity index (χ0) is 27.3. The van der Waals surface area contributed by atoms with Gasteiger partial charge in [0.25, 0.3) is 0 Å². The Morgan fingerprint density at radius 1 is 0.846 bits per heavy atom. The average molecular weight is 533 g/mol. The minimum atomic E-state index is -0.738. The Labute approximate surface area is 225 Å². The van der Waals surface area contributed by atoms with Crippen molar-refractivity contribution in [2.24, 2.45) is 11.8 Å². The first-order valence-electron chi connectivity index (χ1n) is 12.6. The molecule has 9 nitrogen and oxygen atoms in total. The van der Waals surface area contributed by atoms with Gasteiger partial charge in [-0.1, -0.05) is 17.7 Å². The zero-order valence-corrected chi connectivity index (χ0v) is 22.0. The van der Waals surface area contributed by atoms with Crippen molar-refractivity contribution in [3.63, 3.8) is 0 Å². The Kier molecular flexibility index (Phi) is 6.21. The highest BCUT2D eigenvalue weighted by molar-refractivity contribution is 5.90. The predicted octanol–water partition coefficient (Wildman–Crippen LogP) is 4.58. The molecule has 0 N–H and O–H groups in total. The Balaban J connectivity index is 1.51. The second-order valence-electron chi connectivity index (χ2n) is 9.78. The summed E-state index contributed by atoms with van der Waals surface area (Å²) in [4.78, 5) is 26.6. The van der Waals surface area contributed by atoms with Crippen LogP contribution in [0.15, 0.2) is 48.5 Å². The Bertz CT molecular complexity index is 1420. The molecule has 6 rings (SSSR count). The lowest BCUT2D eigenvalue weighted by Crippen LogP contribution is -2.36. The predicted molar refractivity (Wildman–Crippen MR) is 138 cm³/mol. The molecule has 3 aromatic carbocycles. The van der Waals surface area contributed by atoms with Gasteiger partial charge in [-0.25, -0.2) is 4.79 Å². The van der Waals surface area contributed by atoms with Crippen molar-refractivity contribution in [2.45, 2.75) is 18.9 Å². The molecule has 3 aromatic rings. The van der Waals surface area contributed by atoms with Crippen LogP contribution in [0.2, 0.25) is 0 Å². The van der Waals surface area contributed by atoms with Gasteiger partial charge in [0.05, 0.1) is 39.4 Å². The standard InChI is InChI=1S/C30H28O9/c1-15-5-7-16(8-6-15)29(31)39-27-19-12-22-21(37-14-38-22)11-18(19)25(26-20(27)13-36-30(26)32)17-9-23(33-2)28(35-4)24(10-17)34-3/h5-12,20,25-27H,13-14H2,1-4H3/t20?,25-,26?,27?/m1/s1. The average Bonchev–Trinajstić information content (AvgIpc) is 3.57. The fourth-order valence-corrected chi connectivity index (χ4v) is 5.82. The largest absolute Gasteiger partial charge is 0.493 e. The number of methoxy groups -OCH3 is 3. The van der Waals surface area contributed by atoms with Crippen LogP contribution in [0.5, 0.6) is 28.7 Å². The zero-order valence-electron chi connectivity index (χ0n) is 22.0. The summed E-state index contributed by atoms with van der Waals surface area (Å²) in [6, 6.07) is 14.5. The molecule has 4 atom stereocenters. The van der Waals surface area contributed by atoms with Crippen molar-refractivity contribution in [3.8, 4) is 28.7 Å². The molecule has 0 amide bonds. The summed E-state index contributed by atoms with van der Waals surface area (Å²) in [6.45, 7) is 2.14. The van der Waals surface area contributed by atoms with E-state index in [1.807, 2.05) is 43.3 Å². The number of hydrogen-bond acceptors (Lipinski definition) is 9. The smallest absolute Gasteiger partial charge is 0.338 e. The van der Waals surface area contributed by atoms with Crippen LogP contribution >= 0.6 is 0 Å². The van der Waals surface area contributed by atoms with E-state index in [4.69, 9.17) is 33.2 Å². The quantitative estimate of drug-likeness (QED) is 0.423. The molecule has 0 aromatic heterocycles. The van der Waals surface area contributed by atoms with Gasteiger partial charge in [0.1, 0.15) is 6.10 Å². The lowest BCUT2D eigenvalue weighted by Gasteiger charge is -2.38. The summed E-state index contributed by atoms with van der Waals surface area (Å²) in [7, 11) is 4.62. The molecule has 2 heterocycles. The normalized spacial score (nSPS) is 22.4. The maximum absolute atomic E-state index is 13.3. The lowest BCUT2D eigenvalue weighted by atomic mass is 9.66. The summed E-state index contributed by atoms with van der Waals surface area (Å²) in [5, 5.41) is 0. The van der Waals surface area contributed by atoms with Crippen molar-refractivity contribution < 1.29 is 42.7 Å². The van der Waals surface area contributed by atoms with Crippen LogP contribution < -0.4 is 23.7 Å². The van der Waals surface area contributed by atoms with Crippen LogP contribution in [0.4, 0.5) is 0 Å². The highest BCUT2D eigenvalue weighted by atomic mass is 16.7. The number of aryl methyl sites for hydroxylation is 1. The number of ether oxygens (including phenoxy) is 7. The number of cyclic esters (lactones) is 1. The van der Waals surface area contributed by atoms with Crippen LogP contribution in [0, 0.1) is 18.8 Å². The van der Waals surface area contributed by atoms with Crippen molar-refractivity contribution in [1.29, 1.82) is 0 Å². The minimum Gasteiger partial charge on any atom is -0.493 e. The fraction of sp³-hybridized carbons (Fsp3) is 0.333. The third-order valence-electron chi connectivity index (χ3n) is 7.69. The second-order valence-corrected chi connectivity index (χ2v) is 9.78. The van der Waals surface area contributed by atoms with E-state index in [0.29, 0.717) is 34.3 Å². The van der Waals surface area contributed by atoms with Crippen LogP contribution in [-0.2, 0) is 14.3 Å². The molecule has 202 valence electrons. The molecule has 3 aliphatic rings. The summed E-state index contributed by atoms with van der Waals surface area (Å²) in [5.74, 6) is 0.122. The summed E-state index contributed by atoms with van der Waals surface area (Å²) < 4.78 is 39.8. The van der Waals surface area contributed by atoms with E-state index in [2.05, 4.69) is 0 Å². The molecule has 9 heteroatoms. The molecule has 0 saturated carbocycles. The first-order valence-corrected chi connectivity index (χ1v) is 12.6. The van der Waals surface area contributed by atoms with Gasteiger partial charge in [-0.2, -0.15) is 0 Å². The van der Waals surface area contributed by atoms with E-state index >= 15 is 0 Å². The van der Waals surface area contributed by atoms with Gasteiger partial charge < -0.3 is 33.2 Å². The number of carbonyl (C=O) groups excluding carboxylic acids is 2. The number of benzene rings is 3. The fourth-order valence-electron chi connectivity index (χ4n) is 5.82. The van der Waals surface area contributed by atoms with Gasteiger partial charge in [0.2, 0.25) is 12.5 Å². The van der Waals surface area contributed by atoms with E-state index < -0.39 is 29.8 Å². The van der Waals surface area contributed by atoms with Crippen LogP contribution in [0.25, 0.3) is 0 Å². The summed E-state index contributed by atoms with van der Waals surface area (Å²) in [6.07, 6.45) is -0.738. The summed E-state index contributed by atoms with van der Waals surface area (Å²) in [5.41, 5.74) is 3.73. The number of hydrogen-bond donors (Lipinski definition) is 0. The van der Waals surface area contributed by atoms with Crippen molar-refractivity contribution >= 4 is 11.9 Å². The molecule has 1 saturated heterocycles. The maximum Gasteiger partial charge on any atom is 0.338 e. The van der Waals surface area contributed by atoms with E-state index in [1.165, 1.54) is 7.11 Å². The Hall–Kier alpha value is -4.40. The van der Waals surface area contributed by atoms with E-state index in [1.54, 1.807) is 26.4 Å². The third-order valence-corrected chi connectivity index (χ3v) is 7.69. The van der Waals surface area contributed by atoms with Crippen LogP contribution in [0.3, 0.4) is 0 Å². The second kappa shape index (κ2) is 9.72. The maximum atomic E-state index is 13.3. The number of carbonyl (C=O) groups is 2. The molecule has 3 unspecified atom stereocenters. The van der Waals surface area contributed by atoms with Crippen LogP contribution in [0.1, 0.15) is 44.6 Å². The number of rotatable bonds is 6. The monoisotopic (exact) mass is 532 g/mol. The molecule has 39 heavy (non-hydrogen) atoms. The van der Waals surface area contributed by atoms with Gasteiger partial charge in [0.15, 0.2) is 23.0 Å². The van der Waals surface area contributed by atoms with Gasteiger partial charge in [-0.3, -0.25) is 4.79 Å². The van der Waals surface area contributed by atoms with Gasteiger partial charge in [-0.15, -0.1) is 0 Å².